The third kappa shape index (κ3) is 6.00. The van der Waals surface area contributed by atoms with Crippen molar-refractivity contribution < 1.29 is 14.3 Å². The number of carbonyl (C=O) groups is 1. The first-order valence-corrected chi connectivity index (χ1v) is 8.42. The van der Waals surface area contributed by atoms with Crippen LogP contribution in [0.3, 0.4) is 0 Å². The Labute approximate surface area is 140 Å². The Balaban J connectivity index is 1.86. The van der Waals surface area contributed by atoms with E-state index in [1.54, 1.807) is 30.3 Å². The zero-order valence-electron chi connectivity index (χ0n) is 13.5. The summed E-state index contributed by atoms with van der Waals surface area (Å²) in [7, 11) is 1.66. The van der Waals surface area contributed by atoms with Gasteiger partial charge in [0.25, 0.3) is 0 Å². The molecular formula is C17H22N2O3S. The molecule has 0 N–H and O–H groups in total. The van der Waals surface area contributed by atoms with Crippen LogP contribution in [-0.2, 0) is 22.7 Å². The fourth-order valence-electron chi connectivity index (χ4n) is 2.09. The number of thiazole rings is 1. The predicted molar refractivity (Wildman–Crippen MR) is 90.5 cm³/mol. The molecule has 0 fully saturated rings. The third-order valence-corrected chi connectivity index (χ3v) is 4.15. The van der Waals surface area contributed by atoms with E-state index < -0.39 is 0 Å². The van der Waals surface area contributed by atoms with E-state index in [4.69, 9.17) is 9.47 Å². The molecule has 1 aromatic carbocycles. The molecule has 0 radical (unpaired) electrons. The quantitative estimate of drug-likeness (QED) is 0.661. The maximum absolute atomic E-state index is 11.7. The number of carbonyl (C=O) groups excluding carboxylic acids is 1. The van der Waals surface area contributed by atoms with Gasteiger partial charge in [-0.05, 0) is 18.6 Å². The maximum atomic E-state index is 11.7. The van der Waals surface area contributed by atoms with E-state index in [9.17, 15) is 4.79 Å². The summed E-state index contributed by atoms with van der Waals surface area (Å²) in [4.78, 5) is 18.0. The molecule has 124 valence electrons. The molecule has 23 heavy (non-hydrogen) atoms. The fourth-order valence-corrected chi connectivity index (χ4v) is 2.79. The largest absolute Gasteiger partial charge is 0.486 e. The van der Waals surface area contributed by atoms with E-state index in [-0.39, 0.29) is 5.91 Å². The number of hydrogen-bond donors (Lipinski definition) is 0. The van der Waals surface area contributed by atoms with Gasteiger partial charge in [-0.2, -0.15) is 0 Å². The van der Waals surface area contributed by atoms with Crippen LogP contribution in [0.5, 0.6) is 5.75 Å². The summed E-state index contributed by atoms with van der Waals surface area (Å²) in [5.41, 5.74) is 0.897. The molecule has 1 aromatic heterocycles. The van der Waals surface area contributed by atoms with Gasteiger partial charge in [0, 0.05) is 32.6 Å². The zero-order chi connectivity index (χ0) is 16.5. The lowest BCUT2D eigenvalue weighted by Gasteiger charge is -2.19. The molecule has 1 heterocycles. The predicted octanol–water partition coefficient (Wildman–Crippen LogP) is 3.11. The van der Waals surface area contributed by atoms with Crippen LogP contribution in [0.4, 0.5) is 0 Å². The van der Waals surface area contributed by atoms with Crippen LogP contribution < -0.4 is 4.74 Å². The normalized spacial score (nSPS) is 10.5. The van der Waals surface area contributed by atoms with Gasteiger partial charge in [-0.25, -0.2) is 4.98 Å². The van der Waals surface area contributed by atoms with Crippen molar-refractivity contribution in [1.82, 2.24) is 9.88 Å². The van der Waals surface area contributed by atoms with Gasteiger partial charge in [-0.15, -0.1) is 11.3 Å². The first-order valence-electron chi connectivity index (χ1n) is 7.54. The number of ether oxygens (including phenoxy) is 2. The molecule has 0 spiro atoms. The molecule has 6 heteroatoms. The minimum Gasteiger partial charge on any atom is -0.486 e. The van der Waals surface area contributed by atoms with E-state index in [1.807, 2.05) is 35.7 Å². The minimum atomic E-state index is 0.0520. The Bertz CT molecular complexity index is 601. The summed E-state index contributed by atoms with van der Waals surface area (Å²) in [6, 6.07) is 9.67. The van der Waals surface area contributed by atoms with Crippen molar-refractivity contribution in [2.45, 2.75) is 26.5 Å². The second kappa shape index (κ2) is 9.27. The molecule has 2 aromatic rings. The lowest BCUT2D eigenvalue weighted by atomic mass is 10.3. The molecule has 0 aliphatic rings. The van der Waals surface area contributed by atoms with E-state index in [0.29, 0.717) is 26.3 Å². The molecule has 0 aliphatic heterocycles. The average molecular weight is 334 g/mol. The van der Waals surface area contributed by atoms with Crippen LogP contribution in [0.15, 0.2) is 35.7 Å². The second-order valence-electron chi connectivity index (χ2n) is 5.12. The van der Waals surface area contributed by atoms with Crippen LogP contribution >= 0.6 is 11.3 Å². The number of methoxy groups -OCH3 is 1. The highest BCUT2D eigenvalue weighted by Crippen LogP contribution is 2.16. The Hall–Kier alpha value is -1.92. The van der Waals surface area contributed by atoms with E-state index in [1.165, 1.54) is 0 Å². The fraction of sp³-hybridized carbons (Fsp3) is 0.412. The summed E-state index contributed by atoms with van der Waals surface area (Å²) in [5.74, 6) is 0.880. The second-order valence-corrected chi connectivity index (χ2v) is 6.06. The Kier molecular flexibility index (Phi) is 7.03. The van der Waals surface area contributed by atoms with Crippen molar-refractivity contribution >= 4 is 17.2 Å². The minimum absolute atomic E-state index is 0.0520. The van der Waals surface area contributed by atoms with E-state index >= 15 is 0 Å². The number of nitrogens with zero attached hydrogens (tertiary/aromatic N) is 2. The highest BCUT2D eigenvalue weighted by Gasteiger charge is 2.12. The van der Waals surface area contributed by atoms with Crippen molar-refractivity contribution in [3.8, 4) is 5.75 Å². The SMILES string of the molecule is COCCCN(Cc1csc(COc2ccccc2)n1)C(C)=O. The zero-order valence-corrected chi connectivity index (χ0v) is 14.3. The lowest BCUT2D eigenvalue weighted by molar-refractivity contribution is -0.129. The van der Waals surface area contributed by atoms with Gasteiger partial charge in [-0.3, -0.25) is 4.79 Å². The van der Waals surface area contributed by atoms with Crippen LogP contribution in [0, 0.1) is 0 Å². The van der Waals surface area contributed by atoms with Gasteiger partial charge in [0.05, 0.1) is 12.2 Å². The van der Waals surface area contributed by atoms with Crippen molar-refractivity contribution in [2.24, 2.45) is 0 Å². The Morgan fingerprint density at radius 1 is 1.30 bits per heavy atom. The van der Waals surface area contributed by atoms with Gasteiger partial charge in [0.1, 0.15) is 17.4 Å². The highest BCUT2D eigenvalue weighted by atomic mass is 32.1. The number of amides is 1. The van der Waals surface area contributed by atoms with Crippen LogP contribution in [0.25, 0.3) is 0 Å². The lowest BCUT2D eigenvalue weighted by Crippen LogP contribution is -2.30. The standard InChI is InChI=1S/C17H22N2O3S/c1-14(20)19(9-6-10-21-2)11-15-13-23-17(18-15)12-22-16-7-4-3-5-8-16/h3-5,7-8,13H,6,9-12H2,1-2H3. The molecule has 2 rings (SSSR count). The number of benzene rings is 1. The molecule has 1 amide bonds. The van der Waals surface area contributed by atoms with Crippen molar-refractivity contribution in [2.75, 3.05) is 20.3 Å². The van der Waals surface area contributed by atoms with Crippen LogP contribution in [0.1, 0.15) is 24.0 Å². The average Bonchev–Trinajstić information content (AvgIpc) is 3.00. The van der Waals surface area contributed by atoms with E-state index in [0.717, 1.165) is 22.9 Å². The maximum Gasteiger partial charge on any atom is 0.219 e. The molecule has 0 aliphatic carbocycles. The summed E-state index contributed by atoms with van der Waals surface area (Å²) in [5, 5.41) is 2.89. The highest BCUT2D eigenvalue weighted by molar-refractivity contribution is 7.09. The van der Waals surface area contributed by atoms with E-state index in [2.05, 4.69) is 4.98 Å². The number of aromatic nitrogens is 1. The van der Waals surface area contributed by atoms with Gasteiger partial charge < -0.3 is 14.4 Å². The van der Waals surface area contributed by atoms with Gasteiger partial charge >= 0.3 is 0 Å². The summed E-state index contributed by atoms with van der Waals surface area (Å²) in [6.45, 7) is 3.88. The monoisotopic (exact) mass is 334 g/mol. The molecule has 5 nitrogen and oxygen atoms in total. The van der Waals surface area contributed by atoms with Crippen LogP contribution in [-0.4, -0.2) is 36.1 Å². The molecule has 0 atom stereocenters. The summed E-state index contributed by atoms with van der Waals surface area (Å²) >= 11 is 1.55. The Morgan fingerprint density at radius 2 is 2.09 bits per heavy atom. The van der Waals surface area contributed by atoms with Gasteiger partial charge in [0.15, 0.2) is 0 Å². The topological polar surface area (TPSA) is 51.7 Å². The van der Waals surface area contributed by atoms with Crippen molar-refractivity contribution in [3.05, 3.63) is 46.4 Å². The number of rotatable bonds is 9. The molecule has 0 saturated heterocycles. The number of hydrogen-bond acceptors (Lipinski definition) is 5. The third-order valence-electron chi connectivity index (χ3n) is 3.28. The van der Waals surface area contributed by atoms with Gasteiger partial charge in [-0.1, -0.05) is 18.2 Å². The van der Waals surface area contributed by atoms with Crippen LogP contribution in [0.2, 0.25) is 0 Å². The molecular weight excluding hydrogens is 312 g/mol. The first kappa shape index (κ1) is 17.4. The van der Waals surface area contributed by atoms with Gasteiger partial charge in [0.2, 0.25) is 5.91 Å². The van der Waals surface area contributed by atoms with Crippen molar-refractivity contribution in [3.63, 3.8) is 0 Å². The first-order chi connectivity index (χ1) is 11.2. The number of para-hydroxylation sites is 1. The smallest absolute Gasteiger partial charge is 0.219 e. The Morgan fingerprint density at radius 3 is 2.78 bits per heavy atom. The molecule has 0 saturated carbocycles. The summed E-state index contributed by atoms with van der Waals surface area (Å²) in [6.07, 6.45) is 0.824. The van der Waals surface area contributed by atoms with Crippen molar-refractivity contribution in [1.29, 1.82) is 0 Å². The molecule has 0 unspecified atom stereocenters. The molecule has 0 bridgehead atoms. The summed E-state index contributed by atoms with van der Waals surface area (Å²) < 4.78 is 10.7.